The summed E-state index contributed by atoms with van der Waals surface area (Å²) in [7, 11) is -3.63. The van der Waals surface area contributed by atoms with Gasteiger partial charge in [-0.15, -0.1) is 0 Å². The number of carbonyl (C=O) groups is 1. The lowest BCUT2D eigenvalue weighted by atomic mass is 10.2. The van der Waals surface area contributed by atoms with Gasteiger partial charge in [0.05, 0.1) is 17.6 Å². The maximum absolute atomic E-state index is 12.2. The van der Waals surface area contributed by atoms with Crippen molar-refractivity contribution < 1.29 is 21.8 Å². The third kappa shape index (κ3) is 4.83. The third-order valence-electron chi connectivity index (χ3n) is 4.05. The average molecular weight is 364 g/mol. The number of carbonyl (C=O) groups excluding carboxylic acids is 1. The van der Waals surface area contributed by atoms with Gasteiger partial charge >= 0.3 is 10.1 Å². The van der Waals surface area contributed by atoms with Crippen LogP contribution in [0.2, 0.25) is 0 Å². The Morgan fingerprint density at radius 3 is 2.44 bits per heavy atom. The van der Waals surface area contributed by atoms with Crippen molar-refractivity contribution in [3.05, 3.63) is 54.5 Å². The van der Waals surface area contributed by atoms with Crippen molar-refractivity contribution in [1.82, 2.24) is 9.80 Å². The summed E-state index contributed by atoms with van der Waals surface area (Å²) in [6.45, 7) is 2.75. The monoisotopic (exact) mass is 364 g/mol. The Bertz CT molecular complexity index is 782. The van der Waals surface area contributed by atoms with E-state index in [4.69, 9.17) is 8.60 Å². The molecule has 1 aromatic carbocycles. The fraction of sp³-hybridized carbons (Fsp3) is 0.353. The zero-order chi connectivity index (χ0) is 17.7. The van der Waals surface area contributed by atoms with Crippen molar-refractivity contribution in [3.63, 3.8) is 0 Å². The molecule has 0 atom stereocenters. The Kier molecular flexibility index (Phi) is 5.40. The van der Waals surface area contributed by atoms with Gasteiger partial charge in [-0.2, -0.15) is 8.42 Å². The van der Waals surface area contributed by atoms with E-state index in [1.165, 1.54) is 12.5 Å². The molecule has 0 bridgehead atoms. The van der Waals surface area contributed by atoms with E-state index in [1.807, 2.05) is 4.90 Å². The zero-order valence-electron chi connectivity index (χ0n) is 13.7. The maximum Gasteiger partial charge on any atom is 0.310 e. The minimum Gasteiger partial charge on any atom is -0.472 e. The average Bonchev–Trinajstić information content (AvgIpc) is 3.15. The van der Waals surface area contributed by atoms with Crippen LogP contribution in [-0.2, 0) is 10.1 Å². The highest BCUT2D eigenvalue weighted by Crippen LogP contribution is 2.13. The number of hydrogen-bond acceptors (Lipinski definition) is 6. The van der Waals surface area contributed by atoms with Crippen LogP contribution in [0.4, 0.5) is 0 Å². The summed E-state index contributed by atoms with van der Waals surface area (Å²) in [4.78, 5) is 16.0. The van der Waals surface area contributed by atoms with E-state index in [2.05, 4.69) is 0 Å². The quantitative estimate of drug-likeness (QED) is 0.722. The molecule has 0 radical (unpaired) electrons. The Balaban J connectivity index is 1.45. The summed E-state index contributed by atoms with van der Waals surface area (Å²) in [6.07, 6.45) is 2.91. The molecule has 2 aromatic rings. The highest BCUT2D eigenvalue weighted by atomic mass is 32.2. The zero-order valence-corrected chi connectivity index (χ0v) is 14.5. The highest BCUT2D eigenvalue weighted by Gasteiger charge is 2.24. The second-order valence-corrected chi connectivity index (χ2v) is 7.49. The van der Waals surface area contributed by atoms with Gasteiger partial charge in [0.2, 0.25) is 0 Å². The van der Waals surface area contributed by atoms with Gasteiger partial charge in [-0.25, -0.2) is 0 Å². The topological polar surface area (TPSA) is 80.1 Å². The van der Waals surface area contributed by atoms with Gasteiger partial charge in [-0.3, -0.25) is 9.69 Å². The molecule has 0 saturated carbocycles. The lowest BCUT2D eigenvalue weighted by Gasteiger charge is -2.34. The lowest BCUT2D eigenvalue weighted by molar-refractivity contribution is 0.0643. The van der Waals surface area contributed by atoms with Gasteiger partial charge in [-0.05, 0) is 18.2 Å². The van der Waals surface area contributed by atoms with Crippen LogP contribution in [0.25, 0.3) is 0 Å². The van der Waals surface area contributed by atoms with E-state index < -0.39 is 10.1 Å². The number of hydrogen-bond donors (Lipinski definition) is 0. The molecule has 0 unspecified atom stereocenters. The largest absolute Gasteiger partial charge is 0.472 e. The van der Waals surface area contributed by atoms with E-state index in [1.54, 1.807) is 41.3 Å². The normalized spacial score (nSPS) is 15.9. The lowest BCUT2D eigenvalue weighted by Crippen LogP contribution is -2.49. The molecular weight excluding hydrogens is 344 g/mol. The van der Waals surface area contributed by atoms with E-state index in [-0.39, 0.29) is 11.7 Å². The van der Waals surface area contributed by atoms with Crippen LogP contribution >= 0.6 is 0 Å². The van der Waals surface area contributed by atoms with Gasteiger partial charge in [0.15, 0.2) is 0 Å². The summed E-state index contributed by atoms with van der Waals surface area (Å²) in [5, 5.41) is 0. The molecular formula is C17H20N2O5S. The molecule has 134 valence electrons. The molecule has 1 aromatic heterocycles. The number of para-hydroxylation sites is 1. The Labute approximate surface area is 146 Å². The van der Waals surface area contributed by atoms with Crippen molar-refractivity contribution in [2.24, 2.45) is 0 Å². The Morgan fingerprint density at radius 1 is 1.08 bits per heavy atom. The molecule has 1 aliphatic rings. The summed E-state index contributed by atoms with van der Waals surface area (Å²) in [5.41, 5.74) is 0.535. The molecule has 8 heteroatoms. The number of furan rings is 1. The minimum atomic E-state index is -3.63. The molecule has 3 rings (SSSR count). The van der Waals surface area contributed by atoms with E-state index >= 15 is 0 Å². The number of nitrogens with zero attached hydrogens (tertiary/aromatic N) is 2. The number of benzene rings is 1. The molecule has 1 aliphatic heterocycles. The first-order valence-corrected chi connectivity index (χ1v) is 9.62. The Morgan fingerprint density at radius 2 is 1.80 bits per heavy atom. The molecule has 2 heterocycles. The molecule has 1 fully saturated rings. The molecule has 0 spiro atoms. The van der Waals surface area contributed by atoms with Crippen molar-refractivity contribution >= 4 is 16.0 Å². The van der Waals surface area contributed by atoms with Crippen LogP contribution < -0.4 is 4.18 Å². The van der Waals surface area contributed by atoms with Crippen molar-refractivity contribution in [2.45, 2.75) is 0 Å². The summed E-state index contributed by atoms with van der Waals surface area (Å²) in [6, 6.07) is 10.1. The van der Waals surface area contributed by atoms with Gasteiger partial charge in [-0.1, -0.05) is 18.2 Å². The van der Waals surface area contributed by atoms with Crippen LogP contribution in [0.5, 0.6) is 5.75 Å². The molecule has 1 saturated heterocycles. The number of piperazine rings is 1. The first-order chi connectivity index (χ1) is 12.0. The fourth-order valence-corrected chi connectivity index (χ4v) is 3.62. The van der Waals surface area contributed by atoms with Crippen LogP contribution in [0.3, 0.4) is 0 Å². The van der Waals surface area contributed by atoms with E-state index in [0.717, 1.165) is 0 Å². The predicted octanol–water partition coefficient (Wildman–Crippen LogP) is 1.45. The fourth-order valence-electron chi connectivity index (χ4n) is 2.65. The van der Waals surface area contributed by atoms with Gasteiger partial charge in [0.1, 0.15) is 12.0 Å². The Hall–Kier alpha value is -2.32. The van der Waals surface area contributed by atoms with Crippen molar-refractivity contribution in [1.29, 1.82) is 0 Å². The molecule has 7 nitrogen and oxygen atoms in total. The second kappa shape index (κ2) is 7.71. The second-order valence-electron chi connectivity index (χ2n) is 5.80. The van der Waals surface area contributed by atoms with Crippen molar-refractivity contribution in [2.75, 3.05) is 38.5 Å². The van der Waals surface area contributed by atoms with Gasteiger partial charge < -0.3 is 13.5 Å². The summed E-state index contributed by atoms with van der Waals surface area (Å²) >= 11 is 0. The predicted molar refractivity (Wildman–Crippen MR) is 91.9 cm³/mol. The third-order valence-corrected chi connectivity index (χ3v) is 5.18. The van der Waals surface area contributed by atoms with Crippen molar-refractivity contribution in [3.8, 4) is 5.75 Å². The molecule has 0 aliphatic carbocycles. The maximum atomic E-state index is 12.2. The number of amides is 1. The van der Waals surface area contributed by atoms with Crippen LogP contribution in [-0.4, -0.2) is 62.6 Å². The molecule has 1 amide bonds. The number of rotatable bonds is 6. The summed E-state index contributed by atoms with van der Waals surface area (Å²) in [5.74, 6) is 0.170. The molecule has 25 heavy (non-hydrogen) atoms. The van der Waals surface area contributed by atoms with E-state index in [9.17, 15) is 13.2 Å². The SMILES string of the molecule is O=C(c1ccoc1)N1CCN(CCS(=O)(=O)Oc2ccccc2)CC1. The van der Waals surface area contributed by atoms with Crippen LogP contribution in [0.15, 0.2) is 53.3 Å². The first-order valence-electron chi connectivity index (χ1n) is 8.04. The molecule has 0 N–H and O–H groups in total. The van der Waals surface area contributed by atoms with E-state index in [0.29, 0.717) is 44.0 Å². The van der Waals surface area contributed by atoms with Crippen LogP contribution in [0.1, 0.15) is 10.4 Å². The summed E-state index contributed by atoms with van der Waals surface area (Å²) < 4.78 is 34.1. The highest BCUT2D eigenvalue weighted by molar-refractivity contribution is 7.87. The van der Waals surface area contributed by atoms with Crippen LogP contribution in [0, 0.1) is 0 Å². The van der Waals surface area contributed by atoms with Gasteiger partial charge in [0, 0.05) is 32.7 Å². The minimum absolute atomic E-state index is 0.0616. The first kappa shape index (κ1) is 17.5. The standard InChI is InChI=1S/C17H20N2O5S/c20-17(15-6-12-23-14-15)19-9-7-18(8-10-19)11-13-25(21,22)24-16-4-2-1-3-5-16/h1-6,12,14H,7-11,13H2. The van der Waals surface area contributed by atoms with Gasteiger partial charge in [0.25, 0.3) is 5.91 Å². The smallest absolute Gasteiger partial charge is 0.310 e.